The van der Waals surface area contributed by atoms with Gasteiger partial charge in [0.25, 0.3) is 5.91 Å². The van der Waals surface area contributed by atoms with Crippen LogP contribution in [0.5, 0.6) is 0 Å². The lowest BCUT2D eigenvalue weighted by molar-refractivity contribution is 0.0989. The predicted octanol–water partition coefficient (Wildman–Crippen LogP) is 3.80. The van der Waals surface area contributed by atoms with Gasteiger partial charge >= 0.3 is 0 Å². The summed E-state index contributed by atoms with van der Waals surface area (Å²) >= 11 is 0. The van der Waals surface area contributed by atoms with Crippen molar-refractivity contribution >= 4 is 11.6 Å². The van der Waals surface area contributed by atoms with Crippen LogP contribution in [0.1, 0.15) is 10.4 Å². The molecule has 0 aliphatic carbocycles. The molecule has 2 aromatic rings. The molecule has 0 aromatic heterocycles. The molecular formula is C16H13F2NO. The molecule has 0 spiro atoms. The van der Waals surface area contributed by atoms with Crippen LogP contribution in [-0.2, 0) is 0 Å². The Morgan fingerprint density at radius 1 is 1.10 bits per heavy atom. The van der Waals surface area contributed by atoms with Crippen molar-refractivity contribution in [1.82, 2.24) is 0 Å². The number of anilines is 1. The number of benzene rings is 2. The van der Waals surface area contributed by atoms with Gasteiger partial charge in [-0.1, -0.05) is 24.3 Å². The molecule has 20 heavy (non-hydrogen) atoms. The lowest BCUT2D eigenvalue weighted by Crippen LogP contribution is -2.31. The average molecular weight is 273 g/mol. The minimum Gasteiger partial charge on any atom is -0.305 e. The van der Waals surface area contributed by atoms with E-state index in [1.165, 1.54) is 4.90 Å². The highest BCUT2D eigenvalue weighted by molar-refractivity contribution is 6.06. The minimum atomic E-state index is -0.778. The Labute approximate surface area is 116 Å². The fourth-order valence-electron chi connectivity index (χ4n) is 1.88. The zero-order chi connectivity index (χ0) is 14.5. The van der Waals surface area contributed by atoms with E-state index in [1.807, 2.05) is 6.07 Å². The zero-order valence-electron chi connectivity index (χ0n) is 10.7. The highest BCUT2D eigenvalue weighted by Gasteiger charge is 2.17. The lowest BCUT2D eigenvalue weighted by Gasteiger charge is -2.21. The average Bonchev–Trinajstić information content (AvgIpc) is 2.44. The van der Waals surface area contributed by atoms with Crippen molar-refractivity contribution in [2.24, 2.45) is 0 Å². The molecule has 0 saturated heterocycles. The van der Waals surface area contributed by atoms with E-state index in [-0.39, 0.29) is 12.1 Å². The Morgan fingerprint density at radius 3 is 2.25 bits per heavy atom. The van der Waals surface area contributed by atoms with Crippen LogP contribution in [0.4, 0.5) is 14.5 Å². The van der Waals surface area contributed by atoms with Crippen LogP contribution in [0.2, 0.25) is 0 Å². The second-order valence-electron chi connectivity index (χ2n) is 4.20. The van der Waals surface area contributed by atoms with Gasteiger partial charge in [0, 0.05) is 23.9 Å². The Morgan fingerprint density at radius 2 is 1.70 bits per heavy atom. The van der Waals surface area contributed by atoms with Gasteiger partial charge in [-0.2, -0.15) is 0 Å². The van der Waals surface area contributed by atoms with Crippen molar-refractivity contribution in [3.8, 4) is 0 Å². The van der Waals surface area contributed by atoms with Crippen LogP contribution in [0.25, 0.3) is 0 Å². The molecule has 0 unspecified atom stereocenters. The number of carbonyl (C=O) groups excluding carboxylic acids is 1. The third-order valence-electron chi connectivity index (χ3n) is 2.73. The molecule has 0 fully saturated rings. The summed E-state index contributed by atoms with van der Waals surface area (Å²) in [6.07, 6.45) is 1.56. The SMILES string of the molecule is C=CCN(C(=O)c1cc(F)cc(F)c1)c1ccccc1. The lowest BCUT2D eigenvalue weighted by atomic mass is 10.1. The largest absolute Gasteiger partial charge is 0.305 e. The first-order valence-electron chi connectivity index (χ1n) is 6.05. The summed E-state index contributed by atoms with van der Waals surface area (Å²) in [5.41, 5.74) is 0.607. The molecule has 0 aliphatic heterocycles. The van der Waals surface area contributed by atoms with Gasteiger partial charge in [-0.3, -0.25) is 4.79 Å². The maximum Gasteiger partial charge on any atom is 0.258 e. The van der Waals surface area contributed by atoms with Crippen molar-refractivity contribution in [2.75, 3.05) is 11.4 Å². The van der Waals surface area contributed by atoms with Crippen molar-refractivity contribution in [3.05, 3.63) is 78.4 Å². The molecule has 0 N–H and O–H groups in total. The summed E-state index contributed by atoms with van der Waals surface area (Å²) in [6, 6.07) is 11.7. The first-order chi connectivity index (χ1) is 9.61. The maximum absolute atomic E-state index is 13.2. The summed E-state index contributed by atoms with van der Waals surface area (Å²) in [7, 11) is 0. The number of rotatable bonds is 4. The van der Waals surface area contributed by atoms with Crippen molar-refractivity contribution in [3.63, 3.8) is 0 Å². The van der Waals surface area contributed by atoms with Crippen LogP contribution in [0.15, 0.2) is 61.2 Å². The number of hydrogen-bond donors (Lipinski definition) is 0. The normalized spacial score (nSPS) is 10.1. The van der Waals surface area contributed by atoms with E-state index >= 15 is 0 Å². The zero-order valence-corrected chi connectivity index (χ0v) is 10.7. The summed E-state index contributed by atoms with van der Waals surface area (Å²) < 4.78 is 26.4. The fraction of sp³-hybridized carbons (Fsp3) is 0.0625. The van der Waals surface area contributed by atoms with E-state index in [0.717, 1.165) is 18.2 Å². The molecule has 2 rings (SSSR count). The Balaban J connectivity index is 2.39. The molecule has 0 heterocycles. The number of halogens is 2. The van der Waals surface area contributed by atoms with E-state index in [9.17, 15) is 13.6 Å². The van der Waals surface area contributed by atoms with E-state index in [4.69, 9.17) is 0 Å². The van der Waals surface area contributed by atoms with Gasteiger partial charge in [0.1, 0.15) is 11.6 Å². The molecule has 0 radical (unpaired) electrons. The van der Waals surface area contributed by atoms with E-state index in [2.05, 4.69) is 6.58 Å². The van der Waals surface area contributed by atoms with Crippen LogP contribution in [-0.4, -0.2) is 12.5 Å². The number of hydrogen-bond acceptors (Lipinski definition) is 1. The summed E-state index contributed by atoms with van der Waals surface area (Å²) in [6.45, 7) is 3.85. The Bertz CT molecular complexity index is 605. The maximum atomic E-state index is 13.2. The number of nitrogens with zero attached hydrogens (tertiary/aromatic N) is 1. The molecule has 0 atom stereocenters. The van der Waals surface area contributed by atoms with Crippen molar-refractivity contribution < 1.29 is 13.6 Å². The third kappa shape index (κ3) is 3.09. The molecular weight excluding hydrogens is 260 g/mol. The number of para-hydroxylation sites is 1. The molecule has 4 heteroatoms. The van der Waals surface area contributed by atoms with Gasteiger partial charge in [-0.25, -0.2) is 8.78 Å². The summed E-state index contributed by atoms with van der Waals surface area (Å²) in [5.74, 6) is -2.03. The topological polar surface area (TPSA) is 20.3 Å². The van der Waals surface area contributed by atoms with E-state index in [1.54, 1.807) is 30.3 Å². The fourth-order valence-corrected chi connectivity index (χ4v) is 1.88. The molecule has 1 amide bonds. The quantitative estimate of drug-likeness (QED) is 0.776. The molecule has 0 aliphatic rings. The smallest absolute Gasteiger partial charge is 0.258 e. The second-order valence-corrected chi connectivity index (χ2v) is 4.20. The standard InChI is InChI=1S/C16H13F2NO/c1-2-8-19(15-6-4-3-5-7-15)16(20)12-9-13(17)11-14(18)10-12/h2-7,9-11H,1,8H2. The number of carbonyl (C=O) groups is 1. The van der Waals surface area contributed by atoms with E-state index < -0.39 is 17.5 Å². The van der Waals surface area contributed by atoms with Crippen LogP contribution < -0.4 is 4.90 Å². The third-order valence-corrected chi connectivity index (χ3v) is 2.73. The summed E-state index contributed by atoms with van der Waals surface area (Å²) in [5, 5.41) is 0. The Kier molecular flexibility index (Phi) is 4.25. The monoisotopic (exact) mass is 273 g/mol. The van der Waals surface area contributed by atoms with Gasteiger partial charge in [0.15, 0.2) is 0 Å². The second kappa shape index (κ2) is 6.10. The molecule has 102 valence electrons. The van der Waals surface area contributed by atoms with Gasteiger partial charge in [-0.05, 0) is 24.3 Å². The summed E-state index contributed by atoms with van der Waals surface area (Å²) in [4.78, 5) is 13.8. The van der Waals surface area contributed by atoms with E-state index in [0.29, 0.717) is 5.69 Å². The first-order valence-corrected chi connectivity index (χ1v) is 6.05. The van der Waals surface area contributed by atoms with Gasteiger partial charge in [0.05, 0.1) is 0 Å². The van der Waals surface area contributed by atoms with Crippen LogP contribution in [0.3, 0.4) is 0 Å². The molecule has 2 aromatic carbocycles. The van der Waals surface area contributed by atoms with Crippen molar-refractivity contribution in [2.45, 2.75) is 0 Å². The number of amides is 1. The molecule has 0 saturated carbocycles. The first kappa shape index (κ1) is 13.9. The van der Waals surface area contributed by atoms with Gasteiger partial charge in [-0.15, -0.1) is 6.58 Å². The molecule has 0 bridgehead atoms. The van der Waals surface area contributed by atoms with Crippen LogP contribution in [0, 0.1) is 11.6 Å². The highest BCUT2D eigenvalue weighted by Crippen LogP contribution is 2.18. The van der Waals surface area contributed by atoms with Crippen molar-refractivity contribution in [1.29, 1.82) is 0 Å². The minimum absolute atomic E-state index is 0.0341. The predicted molar refractivity (Wildman–Crippen MR) is 74.7 cm³/mol. The van der Waals surface area contributed by atoms with Gasteiger partial charge in [0.2, 0.25) is 0 Å². The highest BCUT2D eigenvalue weighted by atomic mass is 19.1. The molecule has 2 nitrogen and oxygen atoms in total. The Hall–Kier alpha value is -2.49. The van der Waals surface area contributed by atoms with Gasteiger partial charge < -0.3 is 4.90 Å². The van der Waals surface area contributed by atoms with Crippen LogP contribution >= 0.6 is 0 Å².